The van der Waals surface area contributed by atoms with Gasteiger partial charge in [0, 0.05) is 17.6 Å². The molecule has 2 aromatic carbocycles. The van der Waals surface area contributed by atoms with Crippen LogP contribution in [0.3, 0.4) is 0 Å². The summed E-state index contributed by atoms with van der Waals surface area (Å²) in [7, 11) is 0. The lowest BCUT2D eigenvalue weighted by atomic mass is 10.1. The summed E-state index contributed by atoms with van der Waals surface area (Å²) >= 11 is 12.2. The summed E-state index contributed by atoms with van der Waals surface area (Å²) in [5.74, 6) is -1.57. The second kappa shape index (κ2) is 8.06. The SMILES string of the molecule is Cc1cccc(-n2cccc2/C=C2\C(=O)NC(=O)N(c3cccc(Cl)c3Cl)C2=O)c1C. The number of barbiturate groups is 1. The van der Waals surface area contributed by atoms with Gasteiger partial charge in [-0.15, -0.1) is 0 Å². The lowest BCUT2D eigenvalue weighted by Crippen LogP contribution is -2.54. The van der Waals surface area contributed by atoms with Crippen molar-refractivity contribution >= 4 is 52.8 Å². The monoisotopic (exact) mass is 453 g/mol. The van der Waals surface area contributed by atoms with Crippen molar-refractivity contribution in [1.29, 1.82) is 0 Å². The van der Waals surface area contributed by atoms with Crippen molar-refractivity contribution in [2.45, 2.75) is 13.8 Å². The fraction of sp³-hybridized carbons (Fsp3) is 0.0870. The molecule has 0 spiro atoms. The van der Waals surface area contributed by atoms with Crippen LogP contribution in [0.2, 0.25) is 10.0 Å². The topological polar surface area (TPSA) is 71.4 Å². The zero-order valence-electron chi connectivity index (χ0n) is 16.6. The Morgan fingerprint density at radius 1 is 0.903 bits per heavy atom. The van der Waals surface area contributed by atoms with Gasteiger partial charge >= 0.3 is 6.03 Å². The van der Waals surface area contributed by atoms with Gasteiger partial charge in [-0.05, 0) is 61.4 Å². The number of aryl methyl sites for hydroxylation is 1. The molecule has 1 saturated heterocycles. The largest absolute Gasteiger partial charge is 0.336 e. The maximum absolute atomic E-state index is 13.2. The van der Waals surface area contributed by atoms with Crippen LogP contribution in [0.4, 0.5) is 10.5 Å². The Hall–Kier alpha value is -3.35. The van der Waals surface area contributed by atoms with Crippen molar-refractivity contribution in [3.8, 4) is 5.69 Å². The maximum atomic E-state index is 13.2. The first kappa shape index (κ1) is 20.9. The molecule has 0 unspecified atom stereocenters. The van der Waals surface area contributed by atoms with Crippen molar-refractivity contribution in [1.82, 2.24) is 9.88 Å². The zero-order chi connectivity index (χ0) is 22.3. The summed E-state index contributed by atoms with van der Waals surface area (Å²) in [5, 5.41) is 2.42. The second-order valence-corrected chi connectivity index (χ2v) is 7.84. The van der Waals surface area contributed by atoms with Crippen LogP contribution in [0, 0.1) is 13.8 Å². The highest BCUT2D eigenvalue weighted by atomic mass is 35.5. The summed E-state index contributed by atoms with van der Waals surface area (Å²) < 4.78 is 1.88. The van der Waals surface area contributed by atoms with Gasteiger partial charge in [0.15, 0.2) is 0 Å². The molecular formula is C23H17Cl2N3O3. The summed E-state index contributed by atoms with van der Waals surface area (Å²) in [6.45, 7) is 4.01. The number of anilines is 1. The number of hydrogen-bond acceptors (Lipinski definition) is 3. The van der Waals surface area contributed by atoms with E-state index in [1.54, 1.807) is 18.2 Å². The molecule has 31 heavy (non-hydrogen) atoms. The van der Waals surface area contributed by atoms with Gasteiger partial charge in [0.25, 0.3) is 11.8 Å². The number of urea groups is 1. The summed E-state index contributed by atoms with van der Waals surface area (Å²) in [6.07, 6.45) is 3.30. The van der Waals surface area contributed by atoms with Crippen LogP contribution in [0.15, 0.2) is 60.3 Å². The Kier molecular flexibility index (Phi) is 5.43. The number of rotatable bonds is 3. The highest BCUT2D eigenvalue weighted by molar-refractivity contribution is 6.46. The Labute approximate surface area is 188 Å². The van der Waals surface area contributed by atoms with Crippen LogP contribution in [-0.4, -0.2) is 22.4 Å². The average molecular weight is 454 g/mol. The van der Waals surface area contributed by atoms with Gasteiger partial charge in [-0.25, -0.2) is 9.69 Å². The van der Waals surface area contributed by atoms with Gasteiger partial charge in [0.05, 0.1) is 15.7 Å². The number of carbonyl (C=O) groups excluding carboxylic acids is 3. The molecule has 0 radical (unpaired) electrons. The molecule has 1 N–H and O–H groups in total. The summed E-state index contributed by atoms with van der Waals surface area (Å²) in [6, 6.07) is 13.2. The lowest BCUT2D eigenvalue weighted by molar-refractivity contribution is -0.122. The molecule has 4 amide bonds. The molecule has 0 bridgehead atoms. The van der Waals surface area contributed by atoms with Crippen LogP contribution in [0.1, 0.15) is 16.8 Å². The molecule has 1 aliphatic rings. The third-order valence-corrected chi connectivity index (χ3v) is 5.99. The van der Waals surface area contributed by atoms with Crippen molar-refractivity contribution in [3.05, 3.63) is 87.2 Å². The van der Waals surface area contributed by atoms with Crippen LogP contribution < -0.4 is 10.2 Å². The maximum Gasteiger partial charge on any atom is 0.336 e. The minimum atomic E-state index is -0.888. The molecule has 1 fully saturated rings. The number of hydrogen-bond donors (Lipinski definition) is 1. The minimum Gasteiger partial charge on any atom is -0.317 e. The number of nitrogens with one attached hydrogen (secondary N) is 1. The normalized spacial score (nSPS) is 15.5. The lowest BCUT2D eigenvalue weighted by Gasteiger charge is -2.27. The van der Waals surface area contributed by atoms with Gasteiger partial charge in [-0.2, -0.15) is 0 Å². The van der Waals surface area contributed by atoms with Crippen molar-refractivity contribution < 1.29 is 14.4 Å². The number of imide groups is 2. The molecule has 156 valence electrons. The number of nitrogens with zero attached hydrogens (tertiary/aromatic N) is 2. The molecule has 8 heteroatoms. The van der Waals surface area contributed by atoms with E-state index in [0.29, 0.717) is 5.69 Å². The van der Waals surface area contributed by atoms with Gasteiger partial charge in [-0.1, -0.05) is 41.4 Å². The van der Waals surface area contributed by atoms with Gasteiger partial charge in [0.1, 0.15) is 5.57 Å². The van der Waals surface area contributed by atoms with E-state index in [2.05, 4.69) is 5.32 Å². The predicted octanol–water partition coefficient (Wildman–Crippen LogP) is 5.07. The Morgan fingerprint density at radius 2 is 1.61 bits per heavy atom. The molecule has 0 saturated carbocycles. The molecule has 3 aromatic rings. The molecule has 2 heterocycles. The number of benzene rings is 2. The van der Waals surface area contributed by atoms with Crippen LogP contribution >= 0.6 is 23.2 Å². The fourth-order valence-corrected chi connectivity index (χ4v) is 3.80. The molecule has 0 atom stereocenters. The van der Waals surface area contributed by atoms with Crippen molar-refractivity contribution in [3.63, 3.8) is 0 Å². The van der Waals surface area contributed by atoms with E-state index in [-0.39, 0.29) is 21.3 Å². The van der Waals surface area contributed by atoms with E-state index in [1.807, 2.05) is 48.9 Å². The van der Waals surface area contributed by atoms with E-state index in [9.17, 15) is 14.4 Å². The Balaban J connectivity index is 1.80. The molecule has 1 aliphatic heterocycles. The first-order valence-electron chi connectivity index (χ1n) is 9.39. The fourth-order valence-electron chi connectivity index (χ4n) is 3.42. The van der Waals surface area contributed by atoms with Crippen molar-refractivity contribution in [2.75, 3.05) is 4.90 Å². The van der Waals surface area contributed by atoms with Gasteiger partial charge < -0.3 is 4.57 Å². The summed E-state index contributed by atoms with van der Waals surface area (Å²) in [5.41, 5.74) is 3.62. The van der Waals surface area contributed by atoms with E-state index in [0.717, 1.165) is 21.7 Å². The van der Waals surface area contributed by atoms with E-state index >= 15 is 0 Å². The number of carbonyl (C=O) groups is 3. The zero-order valence-corrected chi connectivity index (χ0v) is 18.2. The third kappa shape index (κ3) is 3.65. The first-order chi connectivity index (χ1) is 14.8. The Morgan fingerprint density at radius 3 is 2.39 bits per heavy atom. The molecular weight excluding hydrogens is 437 g/mol. The highest BCUT2D eigenvalue weighted by Gasteiger charge is 2.38. The highest BCUT2D eigenvalue weighted by Crippen LogP contribution is 2.34. The number of halogens is 2. The Bertz CT molecular complexity index is 1280. The quantitative estimate of drug-likeness (QED) is 0.444. The molecule has 4 rings (SSSR count). The minimum absolute atomic E-state index is 0.0418. The van der Waals surface area contributed by atoms with Crippen molar-refractivity contribution in [2.24, 2.45) is 0 Å². The second-order valence-electron chi connectivity index (χ2n) is 7.05. The van der Waals surface area contributed by atoms with Gasteiger partial charge in [0.2, 0.25) is 0 Å². The van der Waals surface area contributed by atoms with E-state index in [1.165, 1.54) is 12.1 Å². The first-order valence-corrected chi connectivity index (χ1v) is 10.1. The third-order valence-electron chi connectivity index (χ3n) is 5.18. The smallest absolute Gasteiger partial charge is 0.317 e. The number of amides is 4. The predicted molar refractivity (Wildman–Crippen MR) is 121 cm³/mol. The standard InChI is InChI=1S/C23H17Cl2N3O3/c1-13-6-3-9-18(14(13)2)27-11-5-7-15(27)12-16-21(29)26-23(31)28(22(16)30)19-10-4-8-17(24)20(19)25/h3-12H,1-2H3,(H,26,29,31)/b16-12+. The number of aromatic nitrogens is 1. The average Bonchev–Trinajstić information content (AvgIpc) is 3.18. The van der Waals surface area contributed by atoms with Crippen LogP contribution in [0.25, 0.3) is 11.8 Å². The van der Waals surface area contributed by atoms with E-state index in [4.69, 9.17) is 23.2 Å². The van der Waals surface area contributed by atoms with Crippen LogP contribution in [-0.2, 0) is 9.59 Å². The molecule has 0 aliphatic carbocycles. The molecule has 1 aromatic heterocycles. The van der Waals surface area contributed by atoms with E-state index < -0.39 is 17.8 Å². The van der Waals surface area contributed by atoms with Crippen LogP contribution in [0.5, 0.6) is 0 Å². The summed E-state index contributed by atoms with van der Waals surface area (Å²) in [4.78, 5) is 38.9. The van der Waals surface area contributed by atoms with Gasteiger partial charge in [-0.3, -0.25) is 14.9 Å². The molecule has 6 nitrogen and oxygen atoms in total.